The van der Waals surface area contributed by atoms with Gasteiger partial charge in [0.15, 0.2) is 0 Å². The molecule has 57 heavy (non-hydrogen) atoms. The maximum absolute atomic E-state index is 12.7. The lowest BCUT2D eigenvalue weighted by atomic mass is 10.0. The van der Waals surface area contributed by atoms with Gasteiger partial charge in [0.2, 0.25) is 0 Å². The van der Waals surface area contributed by atoms with E-state index < -0.39 is 11.7 Å². The Morgan fingerprint density at radius 1 is 0.737 bits per heavy atom. The van der Waals surface area contributed by atoms with E-state index in [0.717, 1.165) is 33.5 Å². The molecule has 0 radical (unpaired) electrons. The highest BCUT2D eigenvalue weighted by Gasteiger charge is 2.22. The summed E-state index contributed by atoms with van der Waals surface area (Å²) in [5.74, 6) is 1.83. The number of rotatable bonds is 11. The average Bonchev–Trinajstić information content (AvgIpc) is 3.13. The van der Waals surface area contributed by atoms with Crippen molar-refractivity contribution in [3.8, 4) is 11.5 Å². The first-order chi connectivity index (χ1) is 26.8. The van der Waals surface area contributed by atoms with Crippen molar-refractivity contribution in [3.05, 3.63) is 91.9 Å². The molecule has 12 nitrogen and oxygen atoms in total. The lowest BCUT2D eigenvalue weighted by Gasteiger charge is -2.25. The summed E-state index contributed by atoms with van der Waals surface area (Å²) in [6, 6.07) is 10.5. The van der Waals surface area contributed by atoms with Gasteiger partial charge in [0.05, 0.1) is 37.9 Å². The van der Waals surface area contributed by atoms with E-state index in [1.165, 1.54) is 0 Å². The standard InChI is InChI=1S/C24H30ClN3O4.C19H22ClN3O2/c1-14(2)9-15(27-23(30)32-24(3,4)5)13-31-21-11-20-17(10-19(21)25)16-7-8-26-12-18(16)22(29)28(20)6;1-11(2)6-12(21)10-25-18-8-17-14(7-16(18)20)13-4-5-22-9-15(13)19(24)23(17)3/h7-8,10-12,14-15H,9,13H2,1-6H3,(H,27,30);4-5,7-9,11-12H,6,10,21H2,1-3H3/t15-;12-/m00/s1. The highest BCUT2D eigenvalue weighted by molar-refractivity contribution is 6.33. The molecule has 6 aromatic rings. The normalized spacial score (nSPS) is 12.9. The molecule has 6 rings (SSSR count). The molecule has 4 heterocycles. The van der Waals surface area contributed by atoms with Crippen LogP contribution in [-0.4, -0.2) is 56.1 Å². The number of aromatic nitrogens is 4. The molecular formula is C43H52Cl2N6O6. The lowest BCUT2D eigenvalue weighted by Crippen LogP contribution is -2.42. The first kappa shape index (κ1) is 43.2. The Kier molecular flexibility index (Phi) is 13.7. The number of halogens is 2. The van der Waals surface area contributed by atoms with Crippen molar-refractivity contribution in [2.24, 2.45) is 31.7 Å². The van der Waals surface area contributed by atoms with E-state index in [1.807, 2.05) is 32.9 Å². The van der Waals surface area contributed by atoms with Crippen LogP contribution in [0, 0.1) is 11.8 Å². The number of carbonyl (C=O) groups is 1. The van der Waals surface area contributed by atoms with E-state index >= 15 is 0 Å². The van der Waals surface area contributed by atoms with Gasteiger partial charge in [0.25, 0.3) is 11.1 Å². The van der Waals surface area contributed by atoms with Crippen LogP contribution in [0.25, 0.3) is 43.4 Å². The summed E-state index contributed by atoms with van der Waals surface area (Å²) < 4.78 is 20.4. The van der Waals surface area contributed by atoms with Crippen molar-refractivity contribution in [1.29, 1.82) is 0 Å². The summed E-state index contributed by atoms with van der Waals surface area (Å²) in [6.07, 6.45) is 7.57. The fourth-order valence-electron chi connectivity index (χ4n) is 6.75. The second-order valence-corrected chi connectivity index (χ2v) is 17.0. The zero-order chi connectivity index (χ0) is 41.8. The molecule has 2 atom stereocenters. The topological polar surface area (TPSA) is 153 Å². The minimum Gasteiger partial charge on any atom is -0.490 e. The summed E-state index contributed by atoms with van der Waals surface area (Å²) in [4.78, 5) is 45.7. The zero-order valence-corrected chi connectivity index (χ0v) is 35.5. The molecular weight excluding hydrogens is 767 g/mol. The van der Waals surface area contributed by atoms with Crippen LogP contribution in [0.3, 0.4) is 0 Å². The average molecular weight is 820 g/mol. The number of nitrogens with two attached hydrogens (primary N) is 1. The first-order valence-corrected chi connectivity index (χ1v) is 19.7. The minimum absolute atomic E-state index is 0.0572. The number of alkyl carbamates (subject to hydrolysis) is 1. The van der Waals surface area contributed by atoms with Gasteiger partial charge >= 0.3 is 6.09 Å². The quantitative estimate of drug-likeness (QED) is 0.123. The van der Waals surface area contributed by atoms with Crippen LogP contribution in [-0.2, 0) is 18.8 Å². The van der Waals surface area contributed by atoms with E-state index in [1.54, 1.807) is 72.3 Å². The van der Waals surface area contributed by atoms with Crippen LogP contribution in [0.1, 0.15) is 61.3 Å². The number of pyridine rings is 4. The Bertz CT molecular complexity index is 2530. The third kappa shape index (κ3) is 10.5. The van der Waals surface area contributed by atoms with Gasteiger partial charge in [-0.25, -0.2) is 4.79 Å². The molecule has 0 aliphatic heterocycles. The molecule has 14 heteroatoms. The Hall–Kier alpha value is -4.91. The van der Waals surface area contributed by atoms with Gasteiger partial charge in [-0.05, 0) is 80.5 Å². The Balaban J connectivity index is 0.000000224. The summed E-state index contributed by atoms with van der Waals surface area (Å²) in [5.41, 5.74) is 6.73. The SMILES string of the molecule is CC(C)C[C@@H](COc1cc2c(cc1Cl)c1ccncc1c(=O)n2C)NC(=O)OC(C)(C)C.CC(C)C[C@H](N)COc1cc2c(cc1Cl)c1ccncc1c(=O)n2C. The smallest absolute Gasteiger partial charge is 0.407 e. The fraction of sp³-hybridized carbons (Fsp3) is 0.419. The molecule has 0 saturated heterocycles. The van der Waals surface area contributed by atoms with Crippen LogP contribution in [0.2, 0.25) is 10.0 Å². The highest BCUT2D eigenvalue weighted by atomic mass is 35.5. The third-order valence-electron chi connectivity index (χ3n) is 9.26. The van der Waals surface area contributed by atoms with Crippen LogP contribution in [0.4, 0.5) is 4.79 Å². The largest absolute Gasteiger partial charge is 0.490 e. The van der Waals surface area contributed by atoms with E-state index in [9.17, 15) is 14.4 Å². The van der Waals surface area contributed by atoms with Gasteiger partial charge in [-0.15, -0.1) is 0 Å². The van der Waals surface area contributed by atoms with Gasteiger partial charge in [-0.1, -0.05) is 50.9 Å². The number of aryl methyl sites for hydroxylation is 2. The second-order valence-electron chi connectivity index (χ2n) is 16.2. The highest BCUT2D eigenvalue weighted by Crippen LogP contribution is 2.34. The van der Waals surface area contributed by atoms with Crippen molar-refractivity contribution in [1.82, 2.24) is 24.4 Å². The van der Waals surface area contributed by atoms with Crippen molar-refractivity contribution in [3.63, 3.8) is 0 Å². The monoisotopic (exact) mass is 818 g/mol. The molecule has 0 aliphatic carbocycles. The van der Waals surface area contributed by atoms with Crippen LogP contribution >= 0.6 is 23.2 Å². The number of fused-ring (bicyclic) bond motifs is 6. The number of amides is 1. The van der Waals surface area contributed by atoms with E-state index in [2.05, 4.69) is 43.0 Å². The van der Waals surface area contributed by atoms with Crippen molar-refractivity contribution in [2.45, 2.75) is 79.0 Å². The van der Waals surface area contributed by atoms with Crippen molar-refractivity contribution >= 4 is 72.6 Å². The molecule has 0 bridgehead atoms. The predicted molar refractivity (Wildman–Crippen MR) is 230 cm³/mol. The third-order valence-corrected chi connectivity index (χ3v) is 9.85. The number of nitrogens with one attached hydrogen (secondary N) is 1. The van der Waals surface area contributed by atoms with Crippen LogP contribution in [0.5, 0.6) is 11.5 Å². The summed E-state index contributed by atoms with van der Waals surface area (Å²) in [7, 11) is 3.44. The zero-order valence-electron chi connectivity index (χ0n) is 34.0. The van der Waals surface area contributed by atoms with Crippen molar-refractivity contribution in [2.75, 3.05) is 13.2 Å². The van der Waals surface area contributed by atoms with Crippen LogP contribution in [0.15, 0.2) is 70.8 Å². The summed E-state index contributed by atoms with van der Waals surface area (Å²) in [6.45, 7) is 14.4. The maximum atomic E-state index is 12.7. The van der Waals surface area contributed by atoms with Crippen molar-refractivity contribution < 1.29 is 19.0 Å². The number of carbonyl (C=O) groups excluding carboxylic acids is 1. The molecule has 4 aromatic heterocycles. The molecule has 0 aliphatic rings. The Morgan fingerprint density at radius 2 is 1.19 bits per heavy atom. The molecule has 0 saturated carbocycles. The van der Waals surface area contributed by atoms with E-state index in [-0.39, 0.29) is 29.8 Å². The Morgan fingerprint density at radius 3 is 1.63 bits per heavy atom. The number of benzene rings is 2. The number of hydrogen-bond donors (Lipinski definition) is 2. The molecule has 3 N–H and O–H groups in total. The molecule has 0 fully saturated rings. The second kappa shape index (κ2) is 18.1. The molecule has 0 spiro atoms. The van der Waals surface area contributed by atoms with Gasteiger partial charge in [-0.2, -0.15) is 0 Å². The van der Waals surface area contributed by atoms with Gasteiger partial charge in [-0.3, -0.25) is 19.6 Å². The van der Waals surface area contributed by atoms with Gasteiger partial charge < -0.3 is 34.4 Å². The summed E-state index contributed by atoms with van der Waals surface area (Å²) >= 11 is 13.0. The molecule has 0 unspecified atom stereocenters. The predicted octanol–water partition coefficient (Wildman–Crippen LogP) is 8.55. The molecule has 304 valence electrons. The molecule has 1 amide bonds. The Labute approximate surface area is 342 Å². The minimum atomic E-state index is -0.585. The fourth-order valence-corrected chi connectivity index (χ4v) is 7.18. The number of ether oxygens (including phenoxy) is 3. The first-order valence-electron chi connectivity index (χ1n) is 19.0. The van der Waals surface area contributed by atoms with Crippen LogP contribution < -0.4 is 31.6 Å². The number of hydrogen-bond acceptors (Lipinski definition) is 9. The number of nitrogens with zero attached hydrogens (tertiary/aromatic N) is 4. The van der Waals surface area contributed by atoms with E-state index in [4.69, 9.17) is 43.1 Å². The maximum Gasteiger partial charge on any atom is 0.407 e. The lowest BCUT2D eigenvalue weighted by molar-refractivity contribution is 0.0480. The summed E-state index contributed by atoms with van der Waals surface area (Å²) in [5, 5.41) is 8.27. The van der Waals surface area contributed by atoms with Gasteiger partial charge in [0.1, 0.15) is 30.3 Å². The van der Waals surface area contributed by atoms with E-state index in [0.29, 0.717) is 62.7 Å². The molecule has 2 aromatic carbocycles. The van der Waals surface area contributed by atoms with Gasteiger partial charge in [0, 0.05) is 67.8 Å².